The molecule has 0 saturated carbocycles. The molecule has 3 heteroatoms. The molecule has 1 aromatic rings. The lowest BCUT2D eigenvalue weighted by Crippen LogP contribution is -2.29. The molecule has 0 saturated heterocycles. The second-order valence-corrected chi connectivity index (χ2v) is 4.28. The number of nitrogens with two attached hydrogens (primary N) is 1. The molecule has 14 heavy (non-hydrogen) atoms. The largest absolute Gasteiger partial charge is 0.326 e. The highest BCUT2D eigenvalue weighted by Gasteiger charge is 2.26. The third kappa shape index (κ3) is 1.40. The van der Waals surface area contributed by atoms with E-state index in [0.717, 1.165) is 16.8 Å². The monoisotopic (exact) mass is 190 g/mol. The topological polar surface area (TPSA) is 55.1 Å². The number of rotatable bonds is 1. The minimum atomic E-state index is -0.391. The zero-order chi connectivity index (χ0) is 10.3. The first-order chi connectivity index (χ1) is 6.48. The van der Waals surface area contributed by atoms with Gasteiger partial charge in [-0.3, -0.25) is 4.79 Å². The first-order valence-electron chi connectivity index (χ1n) is 4.69. The van der Waals surface area contributed by atoms with E-state index < -0.39 is 5.54 Å². The van der Waals surface area contributed by atoms with Crippen LogP contribution in [0.4, 0.5) is 5.69 Å². The van der Waals surface area contributed by atoms with E-state index in [-0.39, 0.29) is 5.91 Å². The van der Waals surface area contributed by atoms with Gasteiger partial charge >= 0.3 is 0 Å². The average Bonchev–Trinajstić information content (AvgIpc) is 2.41. The molecule has 0 fully saturated rings. The molecule has 0 bridgehead atoms. The van der Waals surface area contributed by atoms with Crippen LogP contribution in [0.2, 0.25) is 0 Å². The maximum Gasteiger partial charge on any atom is 0.228 e. The van der Waals surface area contributed by atoms with E-state index in [0.29, 0.717) is 6.42 Å². The SMILES string of the molecule is CC(C)(N)c1cccc2c1CC(=O)N2. The fourth-order valence-electron chi connectivity index (χ4n) is 1.85. The van der Waals surface area contributed by atoms with E-state index in [2.05, 4.69) is 5.32 Å². The van der Waals surface area contributed by atoms with Gasteiger partial charge in [-0.05, 0) is 31.0 Å². The molecule has 3 N–H and O–H groups in total. The quantitative estimate of drug-likeness (QED) is 0.702. The highest BCUT2D eigenvalue weighted by atomic mass is 16.1. The maximum absolute atomic E-state index is 11.2. The van der Waals surface area contributed by atoms with E-state index in [9.17, 15) is 4.79 Å². The van der Waals surface area contributed by atoms with Crippen LogP contribution < -0.4 is 11.1 Å². The van der Waals surface area contributed by atoms with E-state index >= 15 is 0 Å². The smallest absolute Gasteiger partial charge is 0.228 e. The molecule has 0 unspecified atom stereocenters. The molecule has 0 radical (unpaired) electrons. The minimum absolute atomic E-state index is 0.0525. The van der Waals surface area contributed by atoms with Crippen molar-refractivity contribution in [3.05, 3.63) is 29.3 Å². The van der Waals surface area contributed by atoms with Crippen LogP contribution in [-0.2, 0) is 16.8 Å². The van der Waals surface area contributed by atoms with Crippen LogP contribution in [-0.4, -0.2) is 5.91 Å². The van der Waals surface area contributed by atoms with Gasteiger partial charge in [-0.2, -0.15) is 0 Å². The molecule has 74 valence electrons. The summed E-state index contributed by atoms with van der Waals surface area (Å²) in [6.07, 6.45) is 0.451. The third-order valence-corrected chi connectivity index (χ3v) is 2.48. The molecule has 0 aliphatic carbocycles. The lowest BCUT2D eigenvalue weighted by atomic mass is 9.90. The van der Waals surface area contributed by atoms with Crippen LogP contribution in [0, 0.1) is 0 Å². The number of hydrogen-bond donors (Lipinski definition) is 2. The van der Waals surface area contributed by atoms with Crippen molar-refractivity contribution in [1.82, 2.24) is 0 Å². The molecule has 3 nitrogen and oxygen atoms in total. The van der Waals surface area contributed by atoms with Gasteiger partial charge in [-0.1, -0.05) is 12.1 Å². The number of hydrogen-bond acceptors (Lipinski definition) is 2. The van der Waals surface area contributed by atoms with E-state index in [1.165, 1.54) is 0 Å². The zero-order valence-electron chi connectivity index (χ0n) is 8.42. The first kappa shape index (κ1) is 9.21. The van der Waals surface area contributed by atoms with Crippen LogP contribution in [0.25, 0.3) is 0 Å². The molecule has 1 amide bonds. The zero-order valence-corrected chi connectivity index (χ0v) is 8.42. The van der Waals surface area contributed by atoms with Gasteiger partial charge in [0.2, 0.25) is 5.91 Å². The van der Waals surface area contributed by atoms with Crippen molar-refractivity contribution >= 4 is 11.6 Å². The number of carbonyl (C=O) groups is 1. The number of amides is 1. The van der Waals surface area contributed by atoms with Gasteiger partial charge in [-0.15, -0.1) is 0 Å². The molecular formula is C11H14N2O. The lowest BCUT2D eigenvalue weighted by Gasteiger charge is -2.21. The molecule has 2 rings (SSSR count). The maximum atomic E-state index is 11.2. The highest BCUT2D eigenvalue weighted by Crippen LogP contribution is 2.31. The predicted octanol–water partition coefficient (Wildman–Crippen LogP) is 1.38. The summed E-state index contributed by atoms with van der Waals surface area (Å²) in [6, 6.07) is 5.82. The van der Waals surface area contributed by atoms with Crippen LogP contribution in [0.15, 0.2) is 18.2 Å². The summed E-state index contributed by atoms with van der Waals surface area (Å²) in [6.45, 7) is 3.90. The Hall–Kier alpha value is -1.35. The van der Waals surface area contributed by atoms with Crippen molar-refractivity contribution in [3.8, 4) is 0 Å². The standard InChI is InChI=1S/C11H14N2O/c1-11(2,12)8-4-3-5-9-7(8)6-10(14)13-9/h3-5H,6,12H2,1-2H3,(H,13,14). The highest BCUT2D eigenvalue weighted by molar-refractivity contribution is 5.99. The van der Waals surface area contributed by atoms with Gasteiger partial charge < -0.3 is 11.1 Å². The average molecular weight is 190 g/mol. The van der Waals surface area contributed by atoms with Gasteiger partial charge in [0.25, 0.3) is 0 Å². The second-order valence-electron chi connectivity index (χ2n) is 4.28. The number of nitrogens with one attached hydrogen (secondary N) is 1. The number of anilines is 1. The van der Waals surface area contributed by atoms with Crippen LogP contribution >= 0.6 is 0 Å². The van der Waals surface area contributed by atoms with Crippen LogP contribution in [0.1, 0.15) is 25.0 Å². The summed E-state index contributed by atoms with van der Waals surface area (Å²) >= 11 is 0. The summed E-state index contributed by atoms with van der Waals surface area (Å²) in [5.74, 6) is 0.0525. The predicted molar refractivity (Wildman–Crippen MR) is 56.0 cm³/mol. The Balaban J connectivity index is 2.55. The summed E-state index contributed by atoms with van der Waals surface area (Å²) < 4.78 is 0. The Morgan fingerprint density at radius 3 is 2.79 bits per heavy atom. The summed E-state index contributed by atoms with van der Waals surface area (Å²) in [5.41, 5.74) is 8.65. The fourth-order valence-corrected chi connectivity index (χ4v) is 1.85. The van der Waals surface area contributed by atoms with Crippen molar-refractivity contribution < 1.29 is 4.79 Å². The Morgan fingerprint density at radius 2 is 2.14 bits per heavy atom. The number of carbonyl (C=O) groups excluding carboxylic acids is 1. The van der Waals surface area contributed by atoms with E-state index in [1.54, 1.807) is 0 Å². The molecule has 1 aliphatic heterocycles. The Morgan fingerprint density at radius 1 is 1.43 bits per heavy atom. The molecule has 1 aromatic carbocycles. The van der Waals surface area contributed by atoms with Gasteiger partial charge in [0.1, 0.15) is 0 Å². The van der Waals surface area contributed by atoms with Gasteiger partial charge in [0, 0.05) is 11.2 Å². The molecule has 0 atom stereocenters. The molecule has 1 heterocycles. The summed E-state index contributed by atoms with van der Waals surface area (Å²) in [7, 11) is 0. The van der Waals surface area contributed by atoms with Crippen LogP contribution in [0.3, 0.4) is 0 Å². The van der Waals surface area contributed by atoms with Crippen molar-refractivity contribution in [2.45, 2.75) is 25.8 Å². The van der Waals surface area contributed by atoms with Crippen LogP contribution in [0.5, 0.6) is 0 Å². The molecule has 0 aromatic heterocycles. The minimum Gasteiger partial charge on any atom is -0.326 e. The van der Waals surface area contributed by atoms with Crippen molar-refractivity contribution in [2.24, 2.45) is 5.73 Å². The Bertz CT molecular complexity index is 391. The first-order valence-corrected chi connectivity index (χ1v) is 4.69. The van der Waals surface area contributed by atoms with E-state index in [4.69, 9.17) is 5.73 Å². The van der Waals surface area contributed by atoms with Crippen molar-refractivity contribution in [3.63, 3.8) is 0 Å². The van der Waals surface area contributed by atoms with Gasteiger partial charge in [0.05, 0.1) is 6.42 Å². The molecule has 0 spiro atoms. The Labute approximate surface area is 83.3 Å². The van der Waals surface area contributed by atoms with E-state index in [1.807, 2.05) is 32.0 Å². The second kappa shape index (κ2) is 2.82. The Kier molecular flexibility index (Phi) is 1.86. The number of fused-ring (bicyclic) bond motifs is 1. The van der Waals surface area contributed by atoms with Gasteiger partial charge in [-0.25, -0.2) is 0 Å². The van der Waals surface area contributed by atoms with Crippen molar-refractivity contribution in [2.75, 3.05) is 5.32 Å². The normalized spacial score (nSPS) is 15.2. The summed E-state index contributed by atoms with van der Waals surface area (Å²) in [4.78, 5) is 11.2. The third-order valence-electron chi connectivity index (χ3n) is 2.48. The van der Waals surface area contributed by atoms with Gasteiger partial charge in [0.15, 0.2) is 0 Å². The van der Waals surface area contributed by atoms with Crippen molar-refractivity contribution in [1.29, 1.82) is 0 Å². The fraction of sp³-hybridized carbons (Fsp3) is 0.364. The number of benzene rings is 1. The molecular weight excluding hydrogens is 176 g/mol. The molecule has 1 aliphatic rings. The summed E-state index contributed by atoms with van der Waals surface area (Å²) in [5, 5.41) is 2.82. The lowest BCUT2D eigenvalue weighted by molar-refractivity contribution is -0.115.